The van der Waals surface area contributed by atoms with Crippen molar-refractivity contribution in [3.05, 3.63) is 71.3 Å². The van der Waals surface area contributed by atoms with Crippen molar-refractivity contribution in [2.24, 2.45) is 0 Å². The first-order valence-corrected chi connectivity index (χ1v) is 8.35. The standard InChI is InChI=1S/C17H17NO4S/c1-13-8-10-14(11-9-13)18-12-16(17(19)22-2)23(20,21)15-6-4-3-5-7-15/h3-12,18H,1-2H3. The number of benzene rings is 2. The molecule has 5 nitrogen and oxygen atoms in total. The summed E-state index contributed by atoms with van der Waals surface area (Å²) >= 11 is 0. The van der Waals surface area contributed by atoms with Crippen LogP contribution in [0.3, 0.4) is 0 Å². The average molecular weight is 331 g/mol. The number of nitrogens with one attached hydrogen (secondary N) is 1. The minimum absolute atomic E-state index is 0.0300. The molecule has 23 heavy (non-hydrogen) atoms. The van der Waals surface area contributed by atoms with Gasteiger partial charge in [0.25, 0.3) is 0 Å². The molecule has 2 aromatic rings. The number of hydrogen-bond acceptors (Lipinski definition) is 5. The number of esters is 1. The van der Waals surface area contributed by atoms with Gasteiger partial charge in [-0.1, -0.05) is 35.9 Å². The zero-order valence-corrected chi connectivity index (χ0v) is 13.6. The molecule has 2 aromatic carbocycles. The molecule has 0 aromatic heterocycles. The summed E-state index contributed by atoms with van der Waals surface area (Å²) in [5.74, 6) is -0.923. The summed E-state index contributed by atoms with van der Waals surface area (Å²) in [5, 5.41) is 2.82. The van der Waals surface area contributed by atoms with Crippen molar-refractivity contribution in [1.82, 2.24) is 0 Å². The minimum atomic E-state index is -3.97. The molecule has 0 spiro atoms. The number of hydrogen-bond donors (Lipinski definition) is 1. The fourth-order valence-electron chi connectivity index (χ4n) is 1.87. The normalized spacial score (nSPS) is 11.8. The predicted molar refractivity (Wildman–Crippen MR) is 88.5 cm³/mol. The van der Waals surface area contributed by atoms with Gasteiger partial charge in [0.2, 0.25) is 9.84 Å². The fraction of sp³-hybridized carbons (Fsp3) is 0.118. The lowest BCUT2D eigenvalue weighted by Crippen LogP contribution is -2.16. The van der Waals surface area contributed by atoms with E-state index >= 15 is 0 Å². The van der Waals surface area contributed by atoms with Gasteiger partial charge in [0.05, 0.1) is 12.0 Å². The Morgan fingerprint density at radius 1 is 1.04 bits per heavy atom. The number of methoxy groups -OCH3 is 1. The molecule has 0 radical (unpaired) electrons. The quantitative estimate of drug-likeness (QED) is 0.674. The van der Waals surface area contributed by atoms with Crippen molar-refractivity contribution >= 4 is 21.5 Å². The molecule has 0 saturated carbocycles. The van der Waals surface area contributed by atoms with Crippen LogP contribution in [-0.2, 0) is 19.4 Å². The fourth-order valence-corrected chi connectivity index (χ4v) is 3.16. The summed E-state index contributed by atoms with van der Waals surface area (Å²) in [6.07, 6.45) is 1.15. The first-order chi connectivity index (χ1) is 10.9. The molecule has 120 valence electrons. The highest BCUT2D eigenvalue weighted by molar-refractivity contribution is 7.96. The van der Waals surface area contributed by atoms with Gasteiger partial charge in [-0.15, -0.1) is 0 Å². The van der Waals surface area contributed by atoms with E-state index in [1.165, 1.54) is 12.1 Å². The number of rotatable bonds is 5. The van der Waals surface area contributed by atoms with Gasteiger partial charge in [-0.3, -0.25) is 0 Å². The van der Waals surface area contributed by atoms with E-state index in [0.717, 1.165) is 18.9 Å². The highest BCUT2D eigenvalue weighted by Gasteiger charge is 2.27. The van der Waals surface area contributed by atoms with Crippen LogP contribution in [0.15, 0.2) is 70.6 Å². The van der Waals surface area contributed by atoms with Crippen LogP contribution in [0.2, 0.25) is 0 Å². The third-order valence-corrected chi connectivity index (χ3v) is 4.91. The Morgan fingerprint density at radius 3 is 2.22 bits per heavy atom. The van der Waals surface area contributed by atoms with E-state index in [2.05, 4.69) is 10.1 Å². The SMILES string of the molecule is COC(=O)C(=CNc1ccc(C)cc1)S(=O)(=O)c1ccccc1. The average Bonchev–Trinajstić information content (AvgIpc) is 2.57. The first kappa shape index (κ1) is 16.8. The highest BCUT2D eigenvalue weighted by Crippen LogP contribution is 2.20. The molecule has 1 N–H and O–H groups in total. The van der Waals surface area contributed by atoms with Crippen molar-refractivity contribution in [2.75, 3.05) is 12.4 Å². The second-order valence-corrected chi connectivity index (χ2v) is 6.75. The molecule has 0 atom stereocenters. The molecular formula is C17H17NO4S. The predicted octanol–water partition coefficient (Wildman–Crippen LogP) is 2.90. The largest absolute Gasteiger partial charge is 0.465 e. The van der Waals surface area contributed by atoms with Crippen LogP contribution in [0.1, 0.15) is 5.56 Å². The lowest BCUT2D eigenvalue weighted by Gasteiger charge is -2.09. The molecule has 6 heteroatoms. The van der Waals surface area contributed by atoms with Crippen LogP contribution >= 0.6 is 0 Å². The molecule has 0 aliphatic carbocycles. The topological polar surface area (TPSA) is 72.5 Å². The third kappa shape index (κ3) is 3.98. The summed E-state index contributed by atoms with van der Waals surface area (Å²) in [6, 6.07) is 15.1. The molecule has 0 fully saturated rings. The van der Waals surface area contributed by atoms with Crippen LogP contribution in [0.5, 0.6) is 0 Å². The second kappa shape index (κ2) is 7.11. The van der Waals surface area contributed by atoms with E-state index in [1.54, 1.807) is 30.3 Å². The molecule has 0 saturated heterocycles. The van der Waals surface area contributed by atoms with Crippen LogP contribution in [-0.4, -0.2) is 21.5 Å². The van der Waals surface area contributed by atoms with E-state index in [-0.39, 0.29) is 4.90 Å². The first-order valence-electron chi connectivity index (χ1n) is 6.87. The van der Waals surface area contributed by atoms with Crippen molar-refractivity contribution in [3.63, 3.8) is 0 Å². The Morgan fingerprint density at radius 2 is 1.65 bits per heavy atom. The summed E-state index contributed by atoms with van der Waals surface area (Å²) in [5.41, 5.74) is 1.74. The number of anilines is 1. The van der Waals surface area contributed by atoms with Crippen molar-refractivity contribution in [3.8, 4) is 0 Å². The van der Waals surface area contributed by atoms with Crippen molar-refractivity contribution < 1.29 is 17.9 Å². The monoisotopic (exact) mass is 331 g/mol. The summed E-state index contributed by atoms with van der Waals surface area (Å²) in [6.45, 7) is 1.94. The Bertz CT molecular complexity index is 809. The number of aryl methyl sites for hydroxylation is 1. The van der Waals surface area contributed by atoms with Gasteiger partial charge in [0, 0.05) is 11.9 Å². The van der Waals surface area contributed by atoms with Crippen LogP contribution < -0.4 is 5.32 Å². The Hall–Kier alpha value is -2.60. The zero-order chi connectivity index (χ0) is 16.9. The zero-order valence-electron chi connectivity index (χ0n) is 12.8. The Balaban J connectivity index is 2.39. The van der Waals surface area contributed by atoms with Crippen molar-refractivity contribution in [1.29, 1.82) is 0 Å². The molecule has 0 aliphatic rings. The van der Waals surface area contributed by atoms with Crippen molar-refractivity contribution in [2.45, 2.75) is 11.8 Å². The maximum absolute atomic E-state index is 12.6. The van der Waals surface area contributed by atoms with Gasteiger partial charge in [-0.25, -0.2) is 13.2 Å². The van der Waals surface area contributed by atoms with Crippen LogP contribution in [0.25, 0.3) is 0 Å². The van der Waals surface area contributed by atoms with Gasteiger partial charge in [0.15, 0.2) is 4.91 Å². The third-order valence-electron chi connectivity index (χ3n) is 3.15. The molecule has 0 unspecified atom stereocenters. The summed E-state index contributed by atoms with van der Waals surface area (Å²) in [4.78, 5) is 11.5. The van der Waals surface area contributed by atoms with Gasteiger partial charge in [-0.05, 0) is 31.2 Å². The molecule has 2 rings (SSSR count). The molecular weight excluding hydrogens is 314 g/mol. The van der Waals surface area contributed by atoms with Crippen LogP contribution in [0, 0.1) is 6.92 Å². The van der Waals surface area contributed by atoms with Gasteiger partial charge in [-0.2, -0.15) is 0 Å². The minimum Gasteiger partial charge on any atom is -0.465 e. The smallest absolute Gasteiger partial charge is 0.351 e. The van der Waals surface area contributed by atoms with E-state index in [9.17, 15) is 13.2 Å². The van der Waals surface area contributed by atoms with E-state index < -0.39 is 20.7 Å². The van der Waals surface area contributed by atoms with E-state index in [0.29, 0.717) is 5.69 Å². The maximum Gasteiger partial charge on any atom is 0.351 e. The number of ether oxygens (including phenoxy) is 1. The molecule has 0 heterocycles. The summed E-state index contributed by atoms with van der Waals surface area (Å²) in [7, 11) is -2.83. The number of sulfone groups is 1. The van der Waals surface area contributed by atoms with E-state index in [4.69, 9.17) is 0 Å². The van der Waals surface area contributed by atoms with Gasteiger partial charge in [0.1, 0.15) is 0 Å². The van der Waals surface area contributed by atoms with Gasteiger partial charge >= 0.3 is 5.97 Å². The molecule has 0 amide bonds. The van der Waals surface area contributed by atoms with E-state index in [1.807, 2.05) is 19.1 Å². The lowest BCUT2D eigenvalue weighted by atomic mass is 10.2. The Labute approximate surface area is 135 Å². The maximum atomic E-state index is 12.6. The lowest BCUT2D eigenvalue weighted by molar-refractivity contribution is -0.135. The number of carbonyl (C=O) groups excluding carboxylic acids is 1. The van der Waals surface area contributed by atoms with Gasteiger partial charge < -0.3 is 10.1 Å². The van der Waals surface area contributed by atoms with Crippen LogP contribution in [0.4, 0.5) is 5.69 Å². The summed E-state index contributed by atoms with van der Waals surface area (Å²) < 4.78 is 29.8. The number of carbonyl (C=O) groups is 1. The molecule has 0 aliphatic heterocycles. The Kier molecular flexibility index (Phi) is 5.18. The molecule has 0 bridgehead atoms. The second-order valence-electron chi connectivity index (χ2n) is 4.83. The highest BCUT2D eigenvalue weighted by atomic mass is 32.2.